The van der Waals surface area contributed by atoms with Gasteiger partial charge in [0.05, 0.1) is 16.3 Å². The van der Waals surface area contributed by atoms with Crippen LogP contribution in [0, 0.1) is 11.6 Å². The van der Waals surface area contributed by atoms with Crippen molar-refractivity contribution >= 4 is 44.8 Å². The van der Waals surface area contributed by atoms with Crippen molar-refractivity contribution in [2.24, 2.45) is 0 Å². The van der Waals surface area contributed by atoms with E-state index in [9.17, 15) is 13.9 Å². The minimum absolute atomic E-state index is 0.0315. The Morgan fingerprint density at radius 3 is 2.57 bits per heavy atom. The van der Waals surface area contributed by atoms with Gasteiger partial charge in [-0.25, -0.2) is 8.78 Å². The first-order valence-electron chi connectivity index (χ1n) is 5.90. The number of hydrogen-bond donors (Lipinski definition) is 2. The molecule has 21 heavy (non-hydrogen) atoms. The van der Waals surface area contributed by atoms with Gasteiger partial charge in [-0.15, -0.1) is 0 Å². The zero-order valence-corrected chi connectivity index (χ0v) is 13.6. The van der Waals surface area contributed by atoms with Gasteiger partial charge in [0.1, 0.15) is 11.6 Å². The molecular weight excluding hydrogens is 387 g/mol. The molecule has 2 N–H and O–H groups in total. The smallest absolute Gasteiger partial charge is 0.147 e. The van der Waals surface area contributed by atoms with Gasteiger partial charge in [-0.3, -0.25) is 0 Å². The lowest BCUT2D eigenvalue weighted by atomic mass is 10.1. The molecule has 2 nitrogen and oxygen atoms in total. The number of halogens is 5. The summed E-state index contributed by atoms with van der Waals surface area (Å²) in [6.07, 6.45) is -1.01. The molecule has 1 atom stereocenters. The molecule has 7 heteroatoms. The number of aliphatic hydroxyl groups is 1. The maximum absolute atomic E-state index is 13.6. The summed E-state index contributed by atoms with van der Waals surface area (Å²) in [5.74, 6) is -1.23. The first-order valence-corrected chi connectivity index (χ1v) is 7.45. The van der Waals surface area contributed by atoms with Gasteiger partial charge in [-0.1, -0.05) is 23.2 Å². The van der Waals surface area contributed by atoms with Crippen LogP contribution in [-0.4, -0.2) is 11.7 Å². The van der Waals surface area contributed by atoms with Gasteiger partial charge in [0.2, 0.25) is 0 Å². The third kappa shape index (κ3) is 4.07. The molecule has 0 aliphatic carbocycles. The molecule has 0 bridgehead atoms. The van der Waals surface area contributed by atoms with Gasteiger partial charge in [-0.2, -0.15) is 0 Å². The molecule has 0 heterocycles. The lowest BCUT2D eigenvalue weighted by Gasteiger charge is -2.15. The molecule has 0 fully saturated rings. The fourth-order valence-corrected chi connectivity index (χ4v) is 2.48. The number of anilines is 1. The van der Waals surface area contributed by atoms with Crippen molar-refractivity contribution in [2.45, 2.75) is 6.10 Å². The summed E-state index contributed by atoms with van der Waals surface area (Å²) in [4.78, 5) is 0. The Bertz CT molecular complexity index is 670. The molecule has 0 radical (unpaired) electrons. The number of rotatable bonds is 4. The molecule has 2 rings (SSSR count). The van der Waals surface area contributed by atoms with E-state index < -0.39 is 17.7 Å². The van der Waals surface area contributed by atoms with Crippen LogP contribution in [0.3, 0.4) is 0 Å². The van der Waals surface area contributed by atoms with Crippen molar-refractivity contribution in [1.29, 1.82) is 0 Å². The Hall–Kier alpha value is -0.880. The van der Waals surface area contributed by atoms with Gasteiger partial charge < -0.3 is 10.4 Å². The summed E-state index contributed by atoms with van der Waals surface area (Å²) < 4.78 is 27.0. The van der Waals surface area contributed by atoms with Crippen molar-refractivity contribution in [3.63, 3.8) is 0 Å². The fourth-order valence-electron chi connectivity index (χ4n) is 1.74. The zero-order valence-electron chi connectivity index (χ0n) is 10.5. The maximum Gasteiger partial charge on any atom is 0.147 e. The molecule has 112 valence electrons. The molecule has 0 saturated heterocycles. The summed E-state index contributed by atoms with van der Waals surface area (Å²) in [6, 6.07) is 6.69. The number of nitrogens with one attached hydrogen (secondary N) is 1. The quantitative estimate of drug-likeness (QED) is 0.698. The molecule has 0 aliphatic rings. The standard InChI is InChI=1S/C14H10BrCl2F2NO/c15-9-4-12(19)13(5-11(9)18)20-6-14(21)8-3-7(16)1-2-10(8)17/h1-5,14,20-21H,6H2. The number of hydrogen-bond acceptors (Lipinski definition) is 2. The molecule has 2 aromatic carbocycles. The first kappa shape index (κ1) is 16.5. The molecule has 0 amide bonds. The van der Waals surface area contributed by atoms with Gasteiger partial charge in [0.25, 0.3) is 0 Å². The third-order valence-corrected chi connectivity index (χ3v) is 4.00. The average molecular weight is 397 g/mol. The normalized spacial score (nSPS) is 12.3. The number of benzene rings is 2. The Morgan fingerprint density at radius 2 is 1.86 bits per heavy atom. The predicted molar refractivity (Wildman–Crippen MR) is 84.0 cm³/mol. The SMILES string of the molecule is OC(CNc1cc(F)c(Br)cc1F)c1cc(Cl)ccc1Cl. The Balaban J connectivity index is 2.12. The molecule has 0 spiro atoms. The van der Waals surface area contributed by atoms with Crippen LogP contribution in [0.25, 0.3) is 0 Å². The first-order chi connectivity index (χ1) is 9.88. The fraction of sp³-hybridized carbons (Fsp3) is 0.143. The lowest BCUT2D eigenvalue weighted by molar-refractivity contribution is 0.191. The lowest BCUT2D eigenvalue weighted by Crippen LogP contribution is -2.13. The van der Waals surface area contributed by atoms with E-state index in [-0.39, 0.29) is 16.7 Å². The monoisotopic (exact) mass is 395 g/mol. The van der Waals surface area contributed by atoms with Gasteiger partial charge >= 0.3 is 0 Å². The predicted octanol–water partition coefficient (Wildman–Crippen LogP) is 5.18. The highest BCUT2D eigenvalue weighted by molar-refractivity contribution is 9.10. The van der Waals surface area contributed by atoms with Gasteiger partial charge in [0.15, 0.2) is 0 Å². The third-order valence-electron chi connectivity index (χ3n) is 2.81. The van der Waals surface area contributed by atoms with Crippen LogP contribution in [-0.2, 0) is 0 Å². The van der Waals surface area contributed by atoms with E-state index in [2.05, 4.69) is 21.2 Å². The largest absolute Gasteiger partial charge is 0.387 e. The van der Waals surface area contributed by atoms with Crippen molar-refractivity contribution in [3.05, 3.63) is 62.0 Å². The highest BCUT2D eigenvalue weighted by Crippen LogP contribution is 2.28. The molecule has 0 aliphatic heterocycles. The van der Waals surface area contributed by atoms with Crippen LogP contribution in [0.4, 0.5) is 14.5 Å². The summed E-state index contributed by atoms with van der Waals surface area (Å²) in [5.41, 5.74) is 0.363. The summed E-state index contributed by atoms with van der Waals surface area (Å²) in [6.45, 7) is -0.0436. The second-order valence-corrected chi connectivity index (χ2v) is 6.01. The van der Waals surface area contributed by atoms with Crippen LogP contribution < -0.4 is 5.32 Å². The maximum atomic E-state index is 13.6. The molecule has 0 saturated carbocycles. The average Bonchev–Trinajstić information content (AvgIpc) is 2.43. The highest BCUT2D eigenvalue weighted by Gasteiger charge is 2.14. The minimum atomic E-state index is -1.01. The van der Waals surface area contributed by atoms with Crippen LogP contribution in [0.2, 0.25) is 10.0 Å². The van der Waals surface area contributed by atoms with E-state index in [4.69, 9.17) is 23.2 Å². The number of aliphatic hydroxyl groups excluding tert-OH is 1. The zero-order chi connectivity index (χ0) is 15.6. The van der Waals surface area contributed by atoms with Crippen LogP contribution >= 0.6 is 39.1 Å². The van der Waals surface area contributed by atoms with Gasteiger partial charge in [0, 0.05) is 28.2 Å². The van der Waals surface area contributed by atoms with E-state index in [0.717, 1.165) is 12.1 Å². The summed E-state index contributed by atoms with van der Waals surface area (Å²) >= 11 is 14.7. The molecule has 2 aromatic rings. The second kappa shape index (κ2) is 6.92. The van der Waals surface area contributed by atoms with E-state index >= 15 is 0 Å². The second-order valence-electron chi connectivity index (χ2n) is 4.31. The Kier molecular flexibility index (Phi) is 5.43. The Labute approximate surface area is 138 Å². The van der Waals surface area contributed by atoms with E-state index in [1.54, 1.807) is 12.1 Å². The summed E-state index contributed by atoms with van der Waals surface area (Å²) in [5, 5.41) is 13.5. The highest BCUT2D eigenvalue weighted by atomic mass is 79.9. The molecule has 1 unspecified atom stereocenters. The van der Waals surface area contributed by atoms with E-state index in [0.29, 0.717) is 15.6 Å². The van der Waals surface area contributed by atoms with Crippen LogP contribution in [0.15, 0.2) is 34.8 Å². The minimum Gasteiger partial charge on any atom is -0.387 e. The van der Waals surface area contributed by atoms with Crippen molar-refractivity contribution in [2.75, 3.05) is 11.9 Å². The Morgan fingerprint density at radius 1 is 1.14 bits per heavy atom. The summed E-state index contributed by atoms with van der Waals surface area (Å²) in [7, 11) is 0. The molecular formula is C14H10BrCl2F2NO. The van der Waals surface area contributed by atoms with E-state index in [1.807, 2.05) is 0 Å². The van der Waals surface area contributed by atoms with Crippen molar-refractivity contribution in [1.82, 2.24) is 0 Å². The van der Waals surface area contributed by atoms with Gasteiger partial charge in [-0.05, 0) is 40.2 Å². The van der Waals surface area contributed by atoms with Crippen molar-refractivity contribution < 1.29 is 13.9 Å². The van der Waals surface area contributed by atoms with Crippen LogP contribution in [0.5, 0.6) is 0 Å². The topological polar surface area (TPSA) is 32.3 Å². The van der Waals surface area contributed by atoms with Crippen LogP contribution in [0.1, 0.15) is 11.7 Å². The van der Waals surface area contributed by atoms with E-state index in [1.165, 1.54) is 6.07 Å². The van der Waals surface area contributed by atoms with Crippen molar-refractivity contribution in [3.8, 4) is 0 Å². The molecule has 0 aromatic heterocycles.